The van der Waals surface area contributed by atoms with Crippen molar-refractivity contribution in [3.8, 4) is 0 Å². The van der Waals surface area contributed by atoms with Crippen molar-refractivity contribution in [1.29, 1.82) is 0 Å². The van der Waals surface area contributed by atoms with E-state index in [0.717, 1.165) is 23.1 Å². The summed E-state index contributed by atoms with van der Waals surface area (Å²) >= 11 is 0. The van der Waals surface area contributed by atoms with Gasteiger partial charge < -0.3 is 15.2 Å². The molecule has 3 aromatic carbocycles. The van der Waals surface area contributed by atoms with Crippen LogP contribution in [0.4, 0.5) is 4.39 Å². The fraction of sp³-hybridized carbons (Fsp3) is 0.222. The topological polar surface area (TPSA) is 48.1 Å². The molecule has 4 nitrogen and oxygen atoms in total. The predicted octanol–water partition coefficient (Wildman–Crippen LogP) is 5.40. The molecule has 6 heteroatoms. The monoisotopic (exact) mass is 465 g/mol. The summed E-state index contributed by atoms with van der Waals surface area (Å²) < 4.78 is 13.1. The quantitative estimate of drug-likeness (QED) is 0.348. The average Bonchev–Trinajstić information content (AvgIpc) is 3.22. The van der Waals surface area contributed by atoms with Crippen molar-refractivity contribution in [2.45, 2.75) is 26.4 Å². The Morgan fingerprint density at radius 2 is 1.67 bits per heavy atom. The van der Waals surface area contributed by atoms with E-state index in [9.17, 15) is 9.18 Å². The number of hydrogen-bond acceptors (Lipinski definition) is 2. The maximum Gasteiger partial charge on any atom is 0.236 e. The molecule has 0 saturated heterocycles. The van der Waals surface area contributed by atoms with Gasteiger partial charge in [-0.3, -0.25) is 4.79 Å². The predicted molar refractivity (Wildman–Crippen MR) is 134 cm³/mol. The first kappa shape index (κ1) is 24.5. The summed E-state index contributed by atoms with van der Waals surface area (Å²) in [7, 11) is 0. The first-order valence-corrected chi connectivity index (χ1v) is 10.9. The van der Waals surface area contributed by atoms with Crippen molar-refractivity contribution >= 4 is 29.2 Å². The number of aryl methyl sites for hydroxylation is 1. The second kappa shape index (κ2) is 11.6. The standard InChI is InChI=1S/C27H28FN3O.ClH/c1-20-6-8-22(9-7-20)19-31(15-14-23-17-30-26-5-3-2-4-25(23)26)27(32)18-29-16-21-10-12-24(28)13-11-21;/h2-13,17,29-30H,14-16,18-19H2,1H3;1H. The molecule has 0 saturated carbocycles. The van der Waals surface area contributed by atoms with Gasteiger partial charge in [-0.25, -0.2) is 4.39 Å². The normalized spacial score (nSPS) is 10.7. The number of aromatic amines is 1. The third kappa shape index (κ3) is 6.67. The third-order valence-electron chi connectivity index (χ3n) is 5.69. The van der Waals surface area contributed by atoms with Crippen molar-refractivity contribution in [2.24, 2.45) is 0 Å². The molecule has 1 amide bonds. The van der Waals surface area contributed by atoms with Gasteiger partial charge in [0.15, 0.2) is 0 Å². The van der Waals surface area contributed by atoms with E-state index in [2.05, 4.69) is 53.6 Å². The van der Waals surface area contributed by atoms with Crippen LogP contribution in [-0.4, -0.2) is 28.9 Å². The van der Waals surface area contributed by atoms with Crippen LogP contribution in [0.3, 0.4) is 0 Å². The van der Waals surface area contributed by atoms with Gasteiger partial charge in [0.25, 0.3) is 0 Å². The Labute approximate surface area is 200 Å². The highest BCUT2D eigenvalue weighted by Crippen LogP contribution is 2.19. The number of aromatic nitrogens is 1. The Bertz CT molecular complexity index is 1170. The number of rotatable bonds is 9. The first-order chi connectivity index (χ1) is 15.6. The Kier molecular flexibility index (Phi) is 8.64. The van der Waals surface area contributed by atoms with Crippen LogP contribution in [0.1, 0.15) is 22.3 Å². The Morgan fingerprint density at radius 1 is 0.970 bits per heavy atom. The third-order valence-corrected chi connectivity index (χ3v) is 5.69. The van der Waals surface area contributed by atoms with E-state index < -0.39 is 0 Å². The number of amides is 1. The maximum absolute atomic E-state index is 13.1. The molecule has 172 valence electrons. The van der Waals surface area contributed by atoms with Crippen LogP contribution in [0.25, 0.3) is 10.9 Å². The van der Waals surface area contributed by atoms with Gasteiger partial charge in [0, 0.05) is 36.7 Å². The Morgan fingerprint density at radius 3 is 2.42 bits per heavy atom. The SMILES string of the molecule is Cc1ccc(CN(CCc2c[nH]c3ccccc23)C(=O)CNCc2ccc(F)cc2)cc1.Cl. The van der Waals surface area contributed by atoms with Crippen LogP contribution in [-0.2, 0) is 24.3 Å². The summed E-state index contributed by atoms with van der Waals surface area (Å²) in [5.74, 6) is -0.209. The molecule has 1 aromatic heterocycles. The molecule has 1 heterocycles. The van der Waals surface area contributed by atoms with Gasteiger partial charge >= 0.3 is 0 Å². The number of para-hydroxylation sites is 1. The molecule has 0 radical (unpaired) electrons. The van der Waals surface area contributed by atoms with E-state index in [1.807, 2.05) is 23.2 Å². The van der Waals surface area contributed by atoms with E-state index in [1.165, 1.54) is 28.6 Å². The van der Waals surface area contributed by atoms with Gasteiger partial charge in [-0.2, -0.15) is 0 Å². The zero-order valence-corrected chi connectivity index (χ0v) is 19.5. The number of H-pyrrole nitrogens is 1. The highest BCUT2D eigenvalue weighted by Gasteiger charge is 2.15. The minimum atomic E-state index is -0.258. The number of carbonyl (C=O) groups is 1. The van der Waals surface area contributed by atoms with Crippen molar-refractivity contribution in [3.63, 3.8) is 0 Å². The number of benzene rings is 3. The number of hydrogen-bond donors (Lipinski definition) is 2. The summed E-state index contributed by atoms with van der Waals surface area (Å²) in [4.78, 5) is 18.3. The lowest BCUT2D eigenvalue weighted by atomic mass is 10.1. The second-order valence-electron chi connectivity index (χ2n) is 8.14. The van der Waals surface area contributed by atoms with E-state index >= 15 is 0 Å². The smallest absolute Gasteiger partial charge is 0.236 e. The minimum Gasteiger partial charge on any atom is -0.361 e. The lowest BCUT2D eigenvalue weighted by Crippen LogP contribution is -2.38. The van der Waals surface area contributed by atoms with Gasteiger partial charge in [-0.1, -0.05) is 60.2 Å². The van der Waals surface area contributed by atoms with Crippen LogP contribution >= 0.6 is 12.4 Å². The van der Waals surface area contributed by atoms with Crippen molar-refractivity contribution in [2.75, 3.05) is 13.1 Å². The number of fused-ring (bicyclic) bond motifs is 1. The summed E-state index contributed by atoms with van der Waals surface area (Å²) in [6.07, 6.45) is 2.81. The van der Waals surface area contributed by atoms with Crippen LogP contribution in [0.5, 0.6) is 0 Å². The molecule has 0 unspecified atom stereocenters. The van der Waals surface area contributed by atoms with E-state index in [-0.39, 0.29) is 30.7 Å². The maximum atomic E-state index is 13.1. The molecule has 0 aliphatic rings. The van der Waals surface area contributed by atoms with Crippen molar-refractivity contribution in [1.82, 2.24) is 15.2 Å². The molecular formula is C27H29ClFN3O. The van der Waals surface area contributed by atoms with Crippen molar-refractivity contribution < 1.29 is 9.18 Å². The molecular weight excluding hydrogens is 437 g/mol. The molecule has 0 spiro atoms. The van der Waals surface area contributed by atoms with Crippen LogP contribution in [0.2, 0.25) is 0 Å². The first-order valence-electron chi connectivity index (χ1n) is 10.9. The van der Waals surface area contributed by atoms with E-state index in [4.69, 9.17) is 0 Å². The van der Waals surface area contributed by atoms with E-state index in [0.29, 0.717) is 19.6 Å². The summed E-state index contributed by atoms with van der Waals surface area (Å²) in [5.41, 5.74) is 5.58. The Hall–Kier alpha value is -3.15. The second-order valence-corrected chi connectivity index (χ2v) is 8.14. The molecule has 0 atom stereocenters. The average molecular weight is 466 g/mol. The zero-order valence-electron chi connectivity index (χ0n) is 18.7. The van der Waals surface area contributed by atoms with E-state index in [1.54, 1.807) is 12.1 Å². The molecule has 0 aliphatic heterocycles. The lowest BCUT2D eigenvalue weighted by Gasteiger charge is -2.23. The van der Waals surface area contributed by atoms with Gasteiger partial charge in [-0.15, -0.1) is 12.4 Å². The lowest BCUT2D eigenvalue weighted by molar-refractivity contribution is -0.130. The highest BCUT2D eigenvalue weighted by molar-refractivity contribution is 5.85. The van der Waals surface area contributed by atoms with Gasteiger partial charge in [0.05, 0.1) is 6.54 Å². The molecule has 4 rings (SSSR count). The molecule has 0 aliphatic carbocycles. The van der Waals surface area contributed by atoms with Gasteiger partial charge in [0.1, 0.15) is 5.82 Å². The Balaban J connectivity index is 0.00000306. The summed E-state index contributed by atoms with van der Waals surface area (Å²) in [6, 6.07) is 22.9. The van der Waals surface area contributed by atoms with Gasteiger partial charge in [0.2, 0.25) is 5.91 Å². The zero-order chi connectivity index (χ0) is 22.3. The summed E-state index contributed by atoms with van der Waals surface area (Å²) in [5, 5.41) is 4.40. The fourth-order valence-electron chi connectivity index (χ4n) is 3.83. The number of carbonyl (C=O) groups excluding carboxylic acids is 1. The molecule has 0 bridgehead atoms. The molecule has 2 N–H and O–H groups in total. The van der Waals surface area contributed by atoms with Gasteiger partial charge in [-0.05, 0) is 48.2 Å². The highest BCUT2D eigenvalue weighted by atomic mass is 35.5. The molecule has 33 heavy (non-hydrogen) atoms. The number of nitrogens with zero attached hydrogens (tertiary/aromatic N) is 1. The number of halogens is 2. The fourth-order valence-corrected chi connectivity index (χ4v) is 3.83. The van der Waals surface area contributed by atoms with Crippen LogP contribution in [0.15, 0.2) is 79.0 Å². The largest absolute Gasteiger partial charge is 0.361 e. The number of nitrogens with one attached hydrogen (secondary N) is 2. The van der Waals surface area contributed by atoms with Crippen molar-refractivity contribution in [3.05, 3.63) is 107 Å². The minimum absolute atomic E-state index is 0. The van der Waals surface area contributed by atoms with Crippen LogP contribution in [0, 0.1) is 12.7 Å². The molecule has 0 fully saturated rings. The molecule has 4 aromatic rings. The summed E-state index contributed by atoms with van der Waals surface area (Å²) in [6.45, 7) is 4.01. The van der Waals surface area contributed by atoms with Crippen LogP contribution < -0.4 is 5.32 Å².